The van der Waals surface area contributed by atoms with Gasteiger partial charge in [-0.3, -0.25) is 4.79 Å². The molecule has 1 N–H and O–H groups in total. The molecule has 0 unspecified atom stereocenters. The fourth-order valence-electron chi connectivity index (χ4n) is 8.05. The second kappa shape index (κ2) is 8.64. The van der Waals surface area contributed by atoms with Crippen molar-refractivity contribution in [1.29, 1.82) is 0 Å². The minimum atomic E-state index is -1.15. The van der Waals surface area contributed by atoms with Crippen LogP contribution in [0.15, 0.2) is 35.6 Å². The van der Waals surface area contributed by atoms with Crippen molar-refractivity contribution in [1.82, 2.24) is 0 Å². The third-order valence-corrected chi connectivity index (χ3v) is 10.5. The van der Waals surface area contributed by atoms with Crippen molar-refractivity contribution in [3.05, 3.63) is 35.6 Å². The molecule has 10 atom stereocenters. The summed E-state index contributed by atoms with van der Waals surface area (Å²) in [6.45, 7) is 5.83. The molecule has 7 rings (SSSR count). The highest BCUT2D eigenvalue weighted by molar-refractivity contribution is 5.82. The van der Waals surface area contributed by atoms with Crippen molar-refractivity contribution in [3.63, 3.8) is 0 Å². The number of hydrogen-bond donors (Lipinski definition) is 1. The maximum atomic E-state index is 13.5. The molecule has 216 valence electrons. The molecular weight excluding hydrogens is 524 g/mol. The van der Waals surface area contributed by atoms with Gasteiger partial charge in [-0.2, -0.15) is 0 Å². The molecule has 0 aromatic rings. The Morgan fingerprint density at radius 3 is 2.73 bits per heavy atom. The molecule has 5 heterocycles. The zero-order valence-electron chi connectivity index (χ0n) is 22.8. The highest BCUT2D eigenvalue weighted by Gasteiger charge is 2.83. The van der Waals surface area contributed by atoms with E-state index in [4.69, 9.17) is 33.2 Å². The third kappa shape index (κ3) is 3.41. The fourth-order valence-corrected chi connectivity index (χ4v) is 8.05. The van der Waals surface area contributed by atoms with E-state index in [0.717, 1.165) is 5.57 Å². The molecule has 40 heavy (non-hydrogen) atoms. The number of hydrogen-bond acceptors (Lipinski definition) is 11. The minimum Gasteiger partial charge on any atom is -0.495 e. The molecule has 2 aliphatic carbocycles. The summed E-state index contributed by atoms with van der Waals surface area (Å²) in [6, 6.07) is 0. The quantitative estimate of drug-likeness (QED) is 0.216. The average molecular weight is 559 g/mol. The molecule has 3 spiro atoms. The van der Waals surface area contributed by atoms with Gasteiger partial charge in [0.25, 0.3) is 0 Å². The number of carbonyl (C=O) groups is 3. The van der Waals surface area contributed by atoms with Crippen LogP contribution in [0, 0.1) is 10.8 Å². The molecule has 5 aliphatic heterocycles. The van der Waals surface area contributed by atoms with Gasteiger partial charge in [0.1, 0.15) is 41.9 Å². The predicted molar refractivity (Wildman–Crippen MR) is 133 cm³/mol. The van der Waals surface area contributed by atoms with Crippen LogP contribution in [0.25, 0.3) is 0 Å². The maximum Gasteiger partial charge on any atom is 0.338 e. The van der Waals surface area contributed by atoms with Crippen LogP contribution in [-0.2, 0) is 47.5 Å². The van der Waals surface area contributed by atoms with E-state index in [9.17, 15) is 19.5 Å². The van der Waals surface area contributed by atoms with Crippen molar-refractivity contribution < 1.29 is 52.6 Å². The number of aliphatic hydroxyl groups is 1. The molecule has 5 fully saturated rings. The zero-order chi connectivity index (χ0) is 28.1. The first-order valence-electron chi connectivity index (χ1n) is 13.9. The number of cyclic esters (lactones) is 1. The summed E-state index contributed by atoms with van der Waals surface area (Å²) in [5.41, 5.74) is -2.81. The molecule has 1 saturated carbocycles. The Morgan fingerprint density at radius 2 is 1.98 bits per heavy atom. The van der Waals surface area contributed by atoms with Crippen LogP contribution in [0.3, 0.4) is 0 Å². The first-order chi connectivity index (χ1) is 19.1. The second-order valence-corrected chi connectivity index (χ2v) is 12.3. The third-order valence-electron chi connectivity index (χ3n) is 10.5. The summed E-state index contributed by atoms with van der Waals surface area (Å²) in [5, 5.41) is 11.0. The van der Waals surface area contributed by atoms with E-state index in [0.29, 0.717) is 31.6 Å². The summed E-state index contributed by atoms with van der Waals surface area (Å²) in [5.74, 6) is -1.25. The maximum absolute atomic E-state index is 13.5. The van der Waals surface area contributed by atoms with Gasteiger partial charge in [0.05, 0.1) is 36.3 Å². The molecule has 11 heteroatoms. The van der Waals surface area contributed by atoms with Gasteiger partial charge in [-0.15, -0.1) is 0 Å². The van der Waals surface area contributed by atoms with E-state index < -0.39 is 70.5 Å². The van der Waals surface area contributed by atoms with E-state index >= 15 is 0 Å². The molecule has 0 amide bonds. The molecule has 11 nitrogen and oxygen atoms in total. The number of epoxide rings is 2. The molecule has 0 aromatic carbocycles. The van der Waals surface area contributed by atoms with Crippen LogP contribution in [0.2, 0.25) is 0 Å². The largest absolute Gasteiger partial charge is 0.495 e. The van der Waals surface area contributed by atoms with E-state index in [1.54, 1.807) is 12.2 Å². The number of fused-ring (bicyclic) bond motifs is 1. The van der Waals surface area contributed by atoms with Crippen LogP contribution in [-0.4, -0.2) is 90.7 Å². The molecule has 0 aromatic heterocycles. The lowest BCUT2D eigenvalue weighted by atomic mass is 9.51. The van der Waals surface area contributed by atoms with Crippen molar-refractivity contribution in [2.24, 2.45) is 10.8 Å². The summed E-state index contributed by atoms with van der Waals surface area (Å²) in [4.78, 5) is 38.6. The van der Waals surface area contributed by atoms with Gasteiger partial charge >= 0.3 is 17.9 Å². The Morgan fingerprint density at radius 1 is 1.18 bits per heavy atom. The first kappa shape index (κ1) is 26.2. The van der Waals surface area contributed by atoms with E-state index in [1.807, 2.05) is 19.9 Å². The van der Waals surface area contributed by atoms with E-state index in [-0.39, 0.29) is 25.7 Å². The Kier molecular flexibility index (Phi) is 5.66. The molecule has 4 bridgehead atoms. The highest BCUT2D eigenvalue weighted by atomic mass is 16.7. The number of carbonyl (C=O) groups excluding carboxylic acids is 3. The lowest BCUT2D eigenvalue weighted by Crippen LogP contribution is -2.68. The summed E-state index contributed by atoms with van der Waals surface area (Å²) >= 11 is 0. The van der Waals surface area contributed by atoms with E-state index in [2.05, 4.69) is 0 Å². The molecular formula is C29H34O11. The first-order valence-corrected chi connectivity index (χ1v) is 13.9. The smallest absolute Gasteiger partial charge is 0.338 e. The topological polar surface area (TPSA) is 143 Å². The van der Waals surface area contributed by atoms with Crippen molar-refractivity contribution in [3.8, 4) is 0 Å². The van der Waals surface area contributed by atoms with E-state index in [1.165, 1.54) is 13.0 Å². The summed E-state index contributed by atoms with van der Waals surface area (Å²) in [7, 11) is 0. The summed E-state index contributed by atoms with van der Waals surface area (Å²) < 4.78 is 42.1. The average Bonchev–Trinajstić information content (AvgIpc) is 3.81. The van der Waals surface area contributed by atoms with Crippen LogP contribution >= 0.6 is 0 Å². The Labute approximate surface area is 231 Å². The van der Waals surface area contributed by atoms with Gasteiger partial charge in [0.2, 0.25) is 0 Å². The van der Waals surface area contributed by atoms with Crippen molar-refractivity contribution in [2.75, 3.05) is 19.8 Å². The number of ether oxygens (including phenoxy) is 7. The highest BCUT2D eigenvalue weighted by Crippen LogP contribution is 2.72. The van der Waals surface area contributed by atoms with Gasteiger partial charge in [-0.1, -0.05) is 19.1 Å². The molecule has 4 saturated heterocycles. The standard InChI is InChI=1S/C29H34O11/c1-15-10-20-27(12-18(15)37-16(2)30)13-35-25(33)24-28(40-24)8-9-34-17(23(28)32)6-4-5-7-22(31)39-19-11-21(38-20)29(14-36-29)26(19,27)3/h5-7,10,18-21,23-24,32H,4,8-9,11-14H2,1-3H3/b7-5-,17-6+/t18-,19+,20+,21+,23-,24+,26+,27+,28-,29-/m0/s1. The van der Waals surface area contributed by atoms with Crippen LogP contribution < -0.4 is 0 Å². The number of allylic oxidation sites excluding steroid dienone is 2. The SMILES string of the molecule is CC(=O)O[C@H]1C[C@@]23COC(=O)[C@H]4O[C@]45CCO/C(=C/C/C=C\C(=O)O[C@@H]4C[C@@H](O[C@@H]2C=C1C)[C@@]1(CO1)[C@]43C)[C@@H]5O. The Bertz CT molecular complexity index is 1250. The van der Waals surface area contributed by atoms with Gasteiger partial charge in [0, 0.05) is 32.3 Å². The fraction of sp³-hybridized carbons (Fsp3) is 0.690. The van der Waals surface area contributed by atoms with Crippen molar-refractivity contribution >= 4 is 17.9 Å². The minimum absolute atomic E-state index is 0.110. The van der Waals surface area contributed by atoms with Gasteiger partial charge in [-0.25, -0.2) is 9.59 Å². The lowest BCUT2D eigenvalue weighted by Gasteiger charge is -2.59. The van der Waals surface area contributed by atoms with Crippen LogP contribution in [0.5, 0.6) is 0 Å². The number of aliphatic hydroxyl groups excluding tert-OH is 1. The summed E-state index contributed by atoms with van der Waals surface area (Å²) in [6.07, 6.45) is 3.84. The van der Waals surface area contributed by atoms with Crippen LogP contribution in [0.4, 0.5) is 0 Å². The van der Waals surface area contributed by atoms with Gasteiger partial charge in [-0.05, 0) is 25.0 Å². The number of esters is 3. The number of rotatable bonds is 1. The monoisotopic (exact) mass is 558 g/mol. The molecule has 7 aliphatic rings. The zero-order valence-corrected chi connectivity index (χ0v) is 22.8. The second-order valence-electron chi connectivity index (χ2n) is 12.3. The lowest BCUT2D eigenvalue weighted by molar-refractivity contribution is -0.240. The molecule has 0 radical (unpaired) electrons. The normalized spacial score (nSPS) is 51.0. The van der Waals surface area contributed by atoms with Crippen LogP contribution in [0.1, 0.15) is 46.5 Å². The Hall–Kier alpha value is -2.73. The Balaban J connectivity index is 1.31. The van der Waals surface area contributed by atoms with Gasteiger partial charge < -0.3 is 38.3 Å². The predicted octanol–water partition coefficient (Wildman–Crippen LogP) is 1.42. The van der Waals surface area contributed by atoms with Gasteiger partial charge in [0.15, 0.2) is 6.10 Å². The van der Waals surface area contributed by atoms with Crippen molar-refractivity contribution in [2.45, 2.75) is 94.3 Å².